The van der Waals surface area contributed by atoms with Crippen LogP contribution in [0.3, 0.4) is 0 Å². The minimum atomic E-state index is -4.58. The molecule has 0 radical (unpaired) electrons. The second kappa shape index (κ2) is 22.2. The number of nitrogens with one attached hydrogen (secondary N) is 3. The van der Waals surface area contributed by atoms with Crippen molar-refractivity contribution >= 4 is 46.0 Å². The molecule has 9 aliphatic rings. The molecule has 0 unspecified atom stereocenters. The third-order valence-corrected chi connectivity index (χ3v) is 19.1. The summed E-state index contributed by atoms with van der Waals surface area (Å²) in [5.74, 6) is -0.571. The van der Waals surface area contributed by atoms with Crippen LogP contribution in [0.2, 0.25) is 0 Å². The number of likely N-dealkylation sites (tertiary alicyclic amines) is 2. The Kier molecular flexibility index (Phi) is 15.4. The first-order chi connectivity index (χ1) is 38.7. The fourth-order valence-electron chi connectivity index (χ4n) is 14.7. The van der Waals surface area contributed by atoms with E-state index >= 15 is 18.0 Å². The zero-order chi connectivity index (χ0) is 56.7. The summed E-state index contributed by atoms with van der Waals surface area (Å²) in [5.41, 5.74) is 6.86. The van der Waals surface area contributed by atoms with E-state index in [2.05, 4.69) is 35.7 Å². The van der Waals surface area contributed by atoms with E-state index in [1.54, 1.807) is 6.07 Å². The van der Waals surface area contributed by atoms with Crippen LogP contribution in [0.4, 0.5) is 24.5 Å². The van der Waals surface area contributed by atoms with Gasteiger partial charge in [-0.3, -0.25) is 44.3 Å². The van der Waals surface area contributed by atoms with Crippen molar-refractivity contribution in [2.75, 3.05) is 108 Å². The van der Waals surface area contributed by atoms with Gasteiger partial charge in [-0.15, -0.1) is 0 Å². The van der Waals surface area contributed by atoms with Crippen molar-refractivity contribution in [1.82, 2.24) is 45.3 Å². The molecule has 21 heteroatoms. The van der Waals surface area contributed by atoms with E-state index in [0.717, 1.165) is 43.9 Å². The number of carbonyl (C=O) groups is 4. The number of anilines is 2. The van der Waals surface area contributed by atoms with Gasteiger partial charge < -0.3 is 38.8 Å². The minimum Gasteiger partial charge on any atom is -0.464 e. The number of nitrogens with zero attached hydrogens (tertiary/aromatic N) is 8. The number of cyclic esters (lactones) is 1. The third kappa shape index (κ3) is 11.8. The van der Waals surface area contributed by atoms with Crippen molar-refractivity contribution in [3.63, 3.8) is 0 Å². The molecule has 1 saturated carbocycles. The van der Waals surface area contributed by atoms with Crippen LogP contribution >= 0.6 is 0 Å². The number of ether oxygens (including phenoxy) is 3. The quantitative estimate of drug-likeness (QED) is 0.176. The summed E-state index contributed by atoms with van der Waals surface area (Å²) in [4.78, 5) is 74.0. The molecule has 8 atom stereocenters. The monoisotopic (exact) mass is 1130 g/mol. The minimum absolute atomic E-state index is 0.0444. The number of carbonyl (C=O) groups excluding carboxylic acids is 4. The van der Waals surface area contributed by atoms with Crippen LogP contribution in [0.25, 0.3) is 22.2 Å². The first-order valence-corrected chi connectivity index (χ1v) is 30.2. The number of piperazine rings is 1. The van der Waals surface area contributed by atoms with Gasteiger partial charge in [-0.25, -0.2) is 5.43 Å². The molecule has 10 heterocycles. The fraction of sp³-hybridized carbons (Fsp3) is 0.717. The predicted octanol–water partition coefficient (Wildman–Crippen LogP) is 5.31. The Balaban J connectivity index is 0.865. The molecule has 18 nitrogen and oxygen atoms in total. The number of hydrogen-bond acceptors (Lipinski definition) is 14. The zero-order valence-corrected chi connectivity index (χ0v) is 48.2. The topological polar surface area (TPSA) is 179 Å². The zero-order valence-electron chi connectivity index (χ0n) is 48.2. The van der Waals surface area contributed by atoms with Gasteiger partial charge in [0.05, 0.1) is 67.9 Å². The Morgan fingerprint density at radius 3 is 2.49 bits per heavy atom. The van der Waals surface area contributed by atoms with Crippen LogP contribution in [-0.4, -0.2) is 200 Å². The number of esters is 1. The van der Waals surface area contributed by atoms with Gasteiger partial charge in [0.1, 0.15) is 24.7 Å². The summed E-state index contributed by atoms with van der Waals surface area (Å²) in [5, 5.41) is 8.78. The first kappa shape index (κ1) is 56.4. The number of halogens is 3. The van der Waals surface area contributed by atoms with E-state index < -0.39 is 48.3 Å². The Hall–Kier alpha value is -5.06. The molecule has 8 fully saturated rings. The summed E-state index contributed by atoms with van der Waals surface area (Å²) in [6.07, 6.45) is 2.22. The van der Waals surface area contributed by atoms with E-state index in [9.17, 15) is 14.4 Å². The van der Waals surface area contributed by atoms with Gasteiger partial charge >= 0.3 is 12.1 Å². The van der Waals surface area contributed by atoms with Gasteiger partial charge in [-0.05, 0) is 99.1 Å². The van der Waals surface area contributed by atoms with Crippen molar-refractivity contribution in [1.29, 1.82) is 0 Å². The summed E-state index contributed by atoms with van der Waals surface area (Å²) in [6, 6.07) is 5.72. The molecule has 1 spiro atoms. The van der Waals surface area contributed by atoms with Crippen molar-refractivity contribution < 1.29 is 46.6 Å². The number of morpholine rings is 2. The summed E-state index contributed by atoms with van der Waals surface area (Å²) < 4.78 is 65.6. The van der Waals surface area contributed by atoms with Crippen LogP contribution in [-0.2, 0) is 46.4 Å². The Morgan fingerprint density at radius 2 is 1.72 bits per heavy atom. The Labute approximate surface area is 474 Å². The average Bonchev–Trinajstić information content (AvgIpc) is 4.55. The standard InChI is InChI=1S/C60H84F3N11O7/c1-36(2)49-44(25-40(28-64-49)69-19-18-68-20-22-79-31-41(68)29-69)53-45-27-58(5,6)35-81-57(78)46-8-7-15-74(67-46)55(76)47(26-42-30-70(21-23-80-42)39-11-12-48(43(45)24-39)73(53)34-60(61,62)63)65-54(75)52(37(3)4)71-16-13-59(32-71)14-17-72(33-59)56(77)51-50(66-51)38-9-10-38/h11-12,24-25,28,36-38,41-42,46-47,50-52,66-67H,7-10,13-23,26-27,29-35H2,1-6H3,(H,65,75)/t41-,42-,46-,47-,50+,51+,52-,59-/m0/s1. The smallest absolute Gasteiger partial charge is 0.406 e. The highest BCUT2D eigenvalue weighted by Crippen LogP contribution is 2.46. The maximum atomic E-state index is 15.2. The number of pyridine rings is 1. The van der Waals surface area contributed by atoms with E-state index in [1.165, 1.54) is 22.4 Å². The lowest BCUT2D eigenvalue weighted by atomic mass is 9.84. The van der Waals surface area contributed by atoms with Gasteiger partial charge in [-0.1, -0.05) is 41.5 Å². The van der Waals surface area contributed by atoms with Crippen LogP contribution in [0, 0.1) is 22.7 Å². The maximum Gasteiger partial charge on any atom is 0.406 e. The number of benzene rings is 1. The van der Waals surface area contributed by atoms with Gasteiger partial charge in [0.15, 0.2) is 0 Å². The van der Waals surface area contributed by atoms with Crippen LogP contribution in [0.5, 0.6) is 0 Å². The lowest BCUT2D eigenvalue weighted by Crippen LogP contribution is -2.62. The number of amides is 3. The molecule has 3 aromatic rings. The highest BCUT2D eigenvalue weighted by atomic mass is 19.4. The largest absolute Gasteiger partial charge is 0.464 e. The van der Waals surface area contributed by atoms with Gasteiger partial charge in [0.2, 0.25) is 11.8 Å². The van der Waals surface area contributed by atoms with E-state index in [1.807, 2.05) is 70.8 Å². The normalized spacial score (nSPS) is 30.1. The van der Waals surface area contributed by atoms with E-state index in [-0.39, 0.29) is 66.5 Å². The average molecular weight is 1130 g/mol. The molecule has 442 valence electrons. The molecule has 3 N–H and O–H groups in total. The second-order valence-corrected chi connectivity index (χ2v) is 26.6. The molecular formula is C60H84F3N11O7. The van der Waals surface area contributed by atoms with Gasteiger partial charge in [-0.2, -0.15) is 13.2 Å². The van der Waals surface area contributed by atoms with Crippen LogP contribution in [0.1, 0.15) is 104 Å². The van der Waals surface area contributed by atoms with E-state index in [0.29, 0.717) is 130 Å². The number of rotatable bonds is 10. The van der Waals surface area contributed by atoms with Crippen LogP contribution < -0.4 is 25.9 Å². The molecule has 1 aliphatic carbocycles. The second-order valence-electron chi connectivity index (χ2n) is 26.6. The molecule has 3 amide bonds. The van der Waals surface area contributed by atoms with Crippen molar-refractivity contribution in [2.45, 2.75) is 154 Å². The number of hydrogen-bond donors (Lipinski definition) is 3. The van der Waals surface area contributed by atoms with Gasteiger partial charge in [0, 0.05) is 111 Å². The third-order valence-electron chi connectivity index (χ3n) is 19.1. The van der Waals surface area contributed by atoms with Crippen LogP contribution in [0.15, 0.2) is 30.5 Å². The highest BCUT2D eigenvalue weighted by molar-refractivity contribution is 5.95. The summed E-state index contributed by atoms with van der Waals surface area (Å²) >= 11 is 0. The summed E-state index contributed by atoms with van der Waals surface area (Å²) in [7, 11) is 0. The fourth-order valence-corrected chi connectivity index (χ4v) is 14.7. The predicted molar refractivity (Wildman–Crippen MR) is 300 cm³/mol. The van der Waals surface area contributed by atoms with Crippen molar-refractivity contribution in [3.05, 3.63) is 41.7 Å². The number of hydrazine groups is 1. The Bertz CT molecular complexity index is 2880. The maximum absolute atomic E-state index is 15.2. The molecule has 2 aromatic heterocycles. The number of alkyl halides is 3. The number of aromatic nitrogens is 2. The molecule has 1 aromatic carbocycles. The van der Waals surface area contributed by atoms with Crippen molar-refractivity contribution in [3.8, 4) is 11.3 Å². The lowest BCUT2D eigenvalue weighted by Gasteiger charge is -2.44. The molecule has 8 aliphatic heterocycles. The SMILES string of the molecule is CC(C)c1ncc(N2CCN3CCOC[C@@H]3C2)cc1-c1c2c3cc(ccc3n1CC(F)(F)F)N1CCO[C@@H](C[C@H](NC(=O)[C@H](C(C)C)N3CC[C@]4(CCN(C(=O)[C@@H]5N[C@@H]5C5CC5)C4)C3)C(=O)N3CCC[C@H](N3)C(=O)OCC(C)(C)C2)C1. The molecule has 12 rings (SSSR count). The first-order valence-electron chi connectivity index (χ1n) is 30.2. The van der Waals surface area contributed by atoms with Gasteiger partial charge in [0.25, 0.3) is 5.91 Å². The molecule has 7 saturated heterocycles. The number of fused-ring (bicyclic) bond motifs is 7. The summed E-state index contributed by atoms with van der Waals surface area (Å²) in [6.45, 7) is 19.5. The lowest BCUT2D eigenvalue weighted by molar-refractivity contribution is -0.156. The Morgan fingerprint density at radius 1 is 0.914 bits per heavy atom. The highest BCUT2D eigenvalue weighted by Gasteiger charge is 2.55. The molecule has 6 bridgehead atoms. The van der Waals surface area contributed by atoms with Crippen molar-refractivity contribution in [2.24, 2.45) is 22.7 Å². The molecular weight excluding hydrogens is 1040 g/mol. The van der Waals surface area contributed by atoms with E-state index in [4.69, 9.17) is 19.2 Å². The molecule has 81 heavy (non-hydrogen) atoms.